The van der Waals surface area contributed by atoms with Crippen LogP contribution in [0.1, 0.15) is 44.6 Å². The zero-order valence-electron chi connectivity index (χ0n) is 11.9. The quantitative estimate of drug-likeness (QED) is 0.650. The van der Waals surface area contributed by atoms with Crippen molar-refractivity contribution in [2.75, 3.05) is 0 Å². The van der Waals surface area contributed by atoms with Gasteiger partial charge >= 0.3 is 0 Å². The highest BCUT2D eigenvalue weighted by Crippen LogP contribution is 2.57. The largest absolute Gasteiger partial charge is 0.0692 e. The van der Waals surface area contributed by atoms with Crippen LogP contribution >= 0.6 is 0 Å². The van der Waals surface area contributed by atoms with Crippen molar-refractivity contribution in [1.29, 1.82) is 0 Å². The van der Waals surface area contributed by atoms with Crippen molar-refractivity contribution in [3.63, 3.8) is 0 Å². The summed E-state index contributed by atoms with van der Waals surface area (Å²) >= 11 is 0. The fraction of sp³-hybridized carbons (Fsp3) is 0.579. The average molecular weight is 252 g/mol. The molecule has 4 bridgehead atoms. The van der Waals surface area contributed by atoms with Gasteiger partial charge in [0.2, 0.25) is 0 Å². The number of hydrogen-bond donors (Lipinski definition) is 0. The highest BCUT2D eigenvalue weighted by molar-refractivity contribution is 5.30. The van der Waals surface area contributed by atoms with Gasteiger partial charge in [0.1, 0.15) is 0 Å². The summed E-state index contributed by atoms with van der Waals surface area (Å²) in [6.07, 6.45) is 8.77. The molecule has 0 N–H and O–H groups in total. The first-order valence-corrected chi connectivity index (χ1v) is 8.03. The second-order valence-corrected chi connectivity index (χ2v) is 7.20. The fourth-order valence-electron chi connectivity index (χ4n) is 5.39. The van der Waals surface area contributed by atoms with Gasteiger partial charge in [-0.15, -0.1) is 0 Å². The Morgan fingerprint density at radius 3 is 2.05 bits per heavy atom. The van der Waals surface area contributed by atoms with Crippen LogP contribution in [0.3, 0.4) is 0 Å². The molecule has 0 heterocycles. The van der Waals surface area contributed by atoms with Crippen molar-refractivity contribution < 1.29 is 0 Å². The molecule has 0 aromatic heterocycles. The monoisotopic (exact) mass is 252 g/mol. The summed E-state index contributed by atoms with van der Waals surface area (Å²) in [6, 6.07) is 11.0. The lowest BCUT2D eigenvalue weighted by molar-refractivity contribution is 0.0682. The second kappa shape index (κ2) is 4.51. The van der Waals surface area contributed by atoms with Gasteiger partial charge in [-0.2, -0.15) is 0 Å². The molecule has 4 aliphatic carbocycles. The molecular formula is C19H24. The molecule has 100 valence electrons. The zero-order chi connectivity index (χ0) is 12.8. The van der Waals surface area contributed by atoms with E-state index in [2.05, 4.69) is 37.3 Å². The minimum Gasteiger partial charge on any atom is -0.0692 e. The van der Waals surface area contributed by atoms with E-state index in [1.165, 1.54) is 37.7 Å². The Morgan fingerprint density at radius 2 is 1.47 bits per heavy atom. The molecule has 0 atom stereocenters. The van der Waals surface area contributed by atoms with Gasteiger partial charge in [-0.1, -0.05) is 41.5 Å². The molecule has 0 unspecified atom stereocenters. The molecule has 4 saturated carbocycles. The van der Waals surface area contributed by atoms with Gasteiger partial charge in [0, 0.05) is 0 Å². The first-order chi connectivity index (χ1) is 9.29. The highest BCUT2D eigenvalue weighted by Gasteiger charge is 2.45. The molecule has 0 spiro atoms. The van der Waals surface area contributed by atoms with E-state index in [-0.39, 0.29) is 0 Å². The average Bonchev–Trinajstić information content (AvgIpc) is 2.38. The standard InChI is InChI=1S/C19H24/c1-13(7-14-5-3-2-4-6-14)19-17-9-15-8-16(11-17)12-18(19)10-15/h2-6,15-18H,7-12H2,1H3. The van der Waals surface area contributed by atoms with Crippen LogP contribution in [0.25, 0.3) is 0 Å². The van der Waals surface area contributed by atoms with E-state index in [9.17, 15) is 0 Å². The molecular weight excluding hydrogens is 228 g/mol. The lowest BCUT2D eigenvalue weighted by Crippen LogP contribution is -2.40. The summed E-state index contributed by atoms with van der Waals surface area (Å²) in [5.41, 5.74) is 5.07. The van der Waals surface area contributed by atoms with Gasteiger partial charge in [-0.3, -0.25) is 0 Å². The summed E-state index contributed by atoms with van der Waals surface area (Å²) in [5.74, 6) is 4.08. The predicted molar refractivity (Wildman–Crippen MR) is 79.9 cm³/mol. The summed E-state index contributed by atoms with van der Waals surface area (Å²) < 4.78 is 0. The Morgan fingerprint density at radius 1 is 0.895 bits per heavy atom. The van der Waals surface area contributed by atoms with Crippen LogP contribution in [0.2, 0.25) is 0 Å². The number of rotatable bonds is 2. The highest BCUT2D eigenvalue weighted by atomic mass is 14.5. The van der Waals surface area contributed by atoms with Crippen molar-refractivity contribution in [1.82, 2.24) is 0 Å². The van der Waals surface area contributed by atoms with E-state index in [4.69, 9.17) is 0 Å². The van der Waals surface area contributed by atoms with Crippen LogP contribution in [0.5, 0.6) is 0 Å². The van der Waals surface area contributed by atoms with Gasteiger partial charge in [-0.25, -0.2) is 0 Å². The van der Waals surface area contributed by atoms with Crippen LogP contribution in [0, 0.1) is 23.7 Å². The van der Waals surface area contributed by atoms with Gasteiger partial charge < -0.3 is 0 Å². The van der Waals surface area contributed by atoms with Gasteiger partial charge in [0.05, 0.1) is 0 Å². The van der Waals surface area contributed by atoms with Crippen molar-refractivity contribution >= 4 is 0 Å². The molecule has 0 amide bonds. The fourth-order valence-corrected chi connectivity index (χ4v) is 5.39. The number of allylic oxidation sites excluding steroid dienone is 2. The molecule has 0 heteroatoms. The molecule has 0 nitrogen and oxygen atoms in total. The van der Waals surface area contributed by atoms with E-state index >= 15 is 0 Å². The first-order valence-electron chi connectivity index (χ1n) is 8.03. The third-order valence-electron chi connectivity index (χ3n) is 5.82. The molecule has 1 aromatic carbocycles. The van der Waals surface area contributed by atoms with E-state index in [0.29, 0.717) is 0 Å². The van der Waals surface area contributed by atoms with E-state index < -0.39 is 0 Å². The van der Waals surface area contributed by atoms with Crippen LogP contribution in [0.15, 0.2) is 41.5 Å². The Kier molecular flexibility index (Phi) is 2.79. The minimum absolute atomic E-state index is 0.958. The summed E-state index contributed by atoms with van der Waals surface area (Å²) in [4.78, 5) is 0. The second-order valence-electron chi connectivity index (χ2n) is 7.20. The third-order valence-corrected chi connectivity index (χ3v) is 5.82. The van der Waals surface area contributed by atoms with Crippen molar-refractivity contribution in [2.45, 2.75) is 45.4 Å². The van der Waals surface area contributed by atoms with Crippen molar-refractivity contribution in [3.8, 4) is 0 Å². The van der Waals surface area contributed by atoms with Gasteiger partial charge in [-0.05, 0) is 74.7 Å². The van der Waals surface area contributed by atoms with Gasteiger partial charge in [0.15, 0.2) is 0 Å². The van der Waals surface area contributed by atoms with Crippen LogP contribution < -0.4 is 0 Å². The molecule has 0 aliphatic heterocycles. The van der Waals surface area contributed by atoms with Crippen molar-refractivity contribution in [3.05, 3.63) is 47.0 Å². The minimum atomic E-state index is 0.958. The number of hydrogen-bond acceptors (Lipinski definition) is 0. The zero-order valence-corrected chi connectivity index (χ0v) is 11.9. The molecule has 5 rings (SSSR count). The molecule has 0 saturated heterocycles. The van der Waals surface area contributed by atoms with E-state index in [0.717, 1.165) is 23.7 Å². The Bertz CT molecular complexity index is 464. The first kappa shape index (κ1) is 11.8. The maximum atomic E-state index is 2.41. The lowest BCUT2D eigenvalue weighted by Gasteiger charge is -2.52. The maximum absolute atomic E-state index is 2.41. The molecule has 0 radical (unpaired) electrons. The number of benzene rings is 1. The smallest absolute Gasteiger partial charge is 0.00670 e. The van der Waals surface area contributed by atoms with Crippen molar-refractivity contribution in [2.24, 2.45) is 23.7 Å². The van der Waals surface area contributed by atoms with E-state index in [1.54, 1.807) is 12.0 Å². The Balaban J connectivity index is 1.62. The normalized spacial score (nSPS) is 35.7. The Labute approximate surface area is 116 Å². The predicted octanol–water partition coefficient (Wildman–Crippen LogP) is 5.00. The van der Waals surface area contributed by atoms with Gasteiger partial charge in [0.25, 0.3) is 0 Å². The molecule has 4 aliphatic rings. The molecule has 19 heavy (non-hydrogen) atoms. The maximum Gasteiger partial charge on any atom is -0.00670 e. The topological polar surface area (TPSA) is 0 Å². The summed E-state index contributed by atoms with van der Waals surface area (Å²) in [5, 5.41) is 0. The van der Waals surface area contributed by atoms with E-state index in [1.807, 2.05) is 5.57 Å². The SMILES string of the molecule is CC(Cc1ccccc1)=C1C2CC3CC(C2)CC1C3. The molecule has 1 aromatic rings. The lowest BCUT2D eigenvalue weighted by atomic mass is 9.53. The third kappa shape index (κ3) is 2.06. The Hall–Kier alpha value is -1.04. The van der Waals surface area contributed by atoms with Crippen LogP contribution in [-0.2, 0) is 6.42 Å². The summed E-state index contributed by atoms with van der Waals surface area (Å²) in [7, 11) is 0. The van der Waals surface area contributed by atoms with Crippen LogP contribution in [0.4, 0.5) is 0 Å². The summed E-state index contributed by atoms with van der Waals surface area (Å²) in [6.45, 7) is 2.41. The molecule has 4 fully saturated rings. The van der Waals surface area contributed by atoms with Crippen LogP contribution in [-0.4, -0.2) is 0 Å².